The van der Waals surface area contributed by atoms with E-state index >= 15 is 0 Å². The van der Waals surface area contributed by atoms with Gasteiger partial charge in [-0.15, -0.1) is 0 Å². The predicted octanol–water partition coefficient (Wildman–Crippen LogP) is 2.00. The topological polar surface area (TPSA) is 0 Å². The first-order valence-electron chi connectivity index (χ1n) is 2.27. The molecule has 1 aliphatic rings. The van der Waals surface area contributed by atoms with Crippen LogP contribution in [0.25, 0.3) is 0 Å². The molecule has 0 amide bonds. The Labute approximate surface area is 47.7 Å². The molecule has 0 saturated heterocycles. The summed E-state index contributed by atoms with van der Waals surface area (Å²) in [7, 11) is 0. The van der Waals surface area contributed by atoms with Gasteiger partial charge in [0.15, 0.2) is 0 Å². The van der Waals surface area contributed by atoms with Crippen molar-refractivity contribution in [1.82, 2.24) is 0 Å². The molecule has 1 aliphatic carbocycles. The molecule has 2 atom stereocenters. The molecule has 0 radical (unpaired) electrons. The Balaban J connectivity index is 2.64. The average molecular weight is 146 g/mol. The van der Waals surface area contributed by atoms with Gasteiger partial charge in [-0.25, -0.2) is 8.78 Å². The molecule has 0 heterocycles. The van der Waals surface area contributed by atoms with Gasteiger partial charge in [-0.2, -0.15) is 13.2 Å². The summed E-state index contributed by atoms with van der Waals surface area (Å²) in [5.41, 5.74) is -3.52. The van der Waals surface area contributed by atoms with Crippen LogP contribution in [0.2, 0.25) is 0 Å². The molecule has 0 aromatic rings. The summed E-state index contributed by atoms with van der Waals surface area (Å²) in [6.45, 7) is 0. The van der Waals surface area contributed by atoms with E-state index in [0.717, 1.165) is 0 Å². The van der Waals surface area contributed by atoms with Gasteiger partial charge in [0.2, 0.25) is 5.67 Å². The van der Waals surface area contributed by atoms with Gasteiger partial charge in [0.25, 0.3) is 0 Å². The van der Waals surface area contributed by atoms with E-state index in [-0.39, 0.29) is 0 Å². The van der Waals surface area contributed by atoms with Crippen molar-refractivity contribution >= 4 is 0 Å². The quantitative estimate of drug-likeness (QED) is 0.458. The van der Waals surface area contributed by atoms with Crippen LogP contribution >= 0.6 is 0 Å². The number of alkyl halides is 5. The van der Waals surface area contributed by atoms with E-state index in [2.05, 4.69) is 0 Å². The third-order valence-corrected chi connectivity index (χ3v) is 1.28. The smallest absolute Gasteiger partial charge is 0.243 e. The molecule has 0 aromatic heterocycles. The summed E-state index contributed by atoms with van der Waals surface area (Å²) in [5.74, 6) is 0. The van der Waals surface area contributed by atoms with Crippen LogP contribution in [-0.2, 0) is 0 Å². The number of hydrogen-bond donors (Lipinski definition) is 0. The van der Waals surface area contributed by atoms with Gasteiger partial charge >= 0.3 is 6.18 Å². The monoisotopic (exact) mass is 146 g/mol. The molecule has 1 rings (SSSR count). The van der Waals surface area contributed by atoms with E-state index in [4.69, 9.17) is 0 Å². The molecule has 1 fully saturated rings. The third kappa shape index (κ3) is 0.784. The van der Waals surface area contributed by atoms with E-state index in [9.17, 15) is 22.0 Å². The molecule has 54 valence electrons. The van der Waals surface area contributed by atoms with Crippen LogP contribution in [0.5, 0.6) is 0 Å². The molecular weight excluding hydrogens is 143 g/mol. The highest BCUT2D eigenvalue weighted by atomic mass is 19.4. The van der Waals surface area contributed by atoms with E-state index < -0.39 is 24.4 Å². The molecule has 0 bridgehead atoms. The van der Waals surface area contributed by atoms with Crippen molar-refractivity contribution in [2.24, 2.45) is 0 Å². The molecule has 0 spiro atoms. The maximum atomic E-state index is 11.9. The van der Waals surface area contributed by atoms with E-state index in [0.29, 0.717) is 0 Å². The minimum Gasteiger partial charge on any atom is -0.243 e. The third-order valence-electron chi connectivity index (χ3n) is 1.28. The lowest BCUT2D eigenvalue weighted by Crippen LogP contribution is -2.28. The first-order valence-corrected chi connectivity index (χ1v) is 2.27. The standard InChI is InChI=1S/C4H3F5/c5-2-1-3(2,6)4(7,8)9/h2H,1H2. The molecule has 0 aromatic carbocycles. The van der Waals surface area contributed by atoms with Crippen LogP contribution in [0.3, 0.4) is 0 Å². The number of halogens is 5. The second-order valence-corrected chi connectivity index (χ2v) is 2.03. The maximum Gasteiger partial charge on any atom is 0.425 e. The Hall–Kier alpha value is -0.350. The Morgan fingerprint density at radius 2 is 1.67 bits per heavy atom. The van der Waals surface area contributed by atoms with Gasteiger partial charge in [0, 0.05) is 6.42 Å². The fourth-order valence-electron chi connectivity index (χ4n) is 0.495. The van der Waals surface area contributed by atoms with Crippen LogP contribution < -0.4 is 0 Å². The Morgan fingerprint density at radius 1 is 1.33 bits per heavy atom. The van der Waals surface area contributed by atoms with Crippen molar-refractivity contribution in [1.29, 1.82) is 0 Å². The van der Waals surface area contributed by atoms with Crippen molar-refractivity contribution in [3.63, 3.8) is 0 Å². The largest absolute Gasteiger partial charge is 0.425 e. The summed E-state index contributed by atoms with van der Waals surface area (Å²) < 4.78 is 57.2. The Morgan fingerprint density at radius 3 is 1.67 bits per heavy atom. The second kappa shape index (κ2) is 1.38. The van der Waals surface area contributed by atoms with E-state index in [1.54, 1.807) is 0 Å². The minimum absolute atomic E-state index is 1.03. The SMILES string of the molecule is FC1CC1(F)C(F)(F)F. The number of rotatable bonds is 0. The Bertz CT molecular complexity index is 127. The van der Waals surface area contributed by atoms with Crippen molar-refractivity contribution in [3.8, 4) is 0 Å². The highest BCUT2D eigenvalue weighted by molar-refractivity contribution is 5.10. The maximum absolute atomic E-state index is 11.9. The summed E-state index contributed by atoms with van der Waals surface area (Å²) in [6, 6.07) is 0. The van der Waals surface area contributed by atoms with Crippen molar-refractivity contribution in [3.05, 3.63) is 0 Å². The molecule has 2 unspecified atom stereocenters. The summed E-state index contributed by atoms with van der Waals surface area (Å²) in [4.78, 5) is 0. The fraction of sp³-hybridized carbons (Fsp3) is 1.00. The molecule has 0 nitrogen and oxygen atoms in total. The highest BCUT2D eigenvalue weighted by Gasteiger charge is 2.74. The van der Waals surface area contributed by atoms with Gasteiger partial charge < -0.3 is 0 Å². The second-order valence-electron chi connectivity index (χ2n) is 2.03. The molecule has 1 saturated carbocycles. The number of hydrogen-bond acceptors (Lipinski definition) is 0. The average Bonchev–Trinajstić information content (AvgIpc) is 2.13. The summed E-state index contributed by atoms with van der Waals surface area (Å²) in [6.07, 6.45) is -8.39. The van der Waals surface area contributed by atoms with Crippen molar-refractivity contribution in [2.75, 3.05) is 0 Å². The molecule has 5 heteroatoms. The lowest BCUT2D eigenvalue weighted by Gasteiger charge is -2.08. The van der Waals surface area contributed by atoms with E-state index in [1.807, 2.05) is 0 Å². The Kier molecular flexibility index (Phi) is 1.04. The summed E-state index contributed by atoms with van der Waals surface area (Å²) in [5, 5.41) is 0. The van der Waals surface area contributed by atoms with Crippen LogP contribution in [0.15, 0.2) is 0 Å². The normalized spacial score (nSPS) is 43.0. The zero-order valence-electron chi connectivity index (χ0n) is 4.17. The first kappa shape index (κ1) is 6.77. The van der Waals surface area contributed by atoms with Crippen molar-refractivity contribution < 1.29 is 22.0 Å². The van der Waals surface area contributed by atoms with Gasteiger partial charge in [0.1, 0.15) is 6.17 Å². The zero-order chi connectivity index (χ0) is 7.28. The lowest BCUT2D eigenvalue weighted by molar-refractivity contribution is -0.198. The molecule has 0 aliphatic heterocycles. The molecule has 0 N–H and O–H groups in total. The lowest BCUT2D eigenvalue weighted by atomic mass is 10.4. The van der Waals surface area contributed by atoms with Crippen molar-refractivity contribution in [2.45, 2.75) is 24.4 Å². The zero-order valence-corrected chi connectivity index (χ0v) is 4.17. The highest BCUT2D eigenvalue weighted by Crippen LogP contribution is 2.54. The van der Waals surface area contributed by atoms with Gasteiger partial charge in [-0.3, -0.25) is 0 Å². The minimum atomic E-state index is -5.02. The van der Waals surface area contributed by atoms with Gasteiger partial charge in [-0.05, 0) is 0 Å². The van der Waals surface area contributed by atoms with Crippen LogP contribution in [-0.4, -0.2) is 18.0 Å². The van der Waals surface area contributed by atoms with E-state index in [1.165, 1.54) is 0 Å². The van der Waals surface area contributed by atoms with Gasteiger partial charge in [0.05, 0.1) is 0 Å². The summed E-state index contributed by atoms with van der Waals surface area (Å²) >= 11 is 0. The fourth-order valence-corrected chi connectivity index (χ4v) is 0.495. The predicted molar refractivity (Wildman–Crippen MR) is 19.4 cm³/mol. The van der Waals surface area contributed by atoms with Crippen LogP contribution in [0.4, 0.5) is 22.0 Å². The molecule has 9 heavy (non-hydrogen) atoms. The van der Waals surface area contributed by atoms with Gasteiger partial charge in [-0.1, -0.05) is 0 Å². The van der Waals surface area contributed by atoms with Crippen LogP contribution in [0, 0.1) is 0 Å². The van der Waals surface area contributed by atoms with Crippen LogP contribution in [0.1, 0.15) is 6.42 Å². The first-order chi connectivity index (χ1) is 3.88. The molecular formula is C4H3F5.